The first-order chi connectivity index (χ1) is 6.54. The molecule has 0 saturated carbocycles. The van der Waals surface area contributed by atoms with E-state index in [1.165, 1.54) is 12.8 Å². The Morgan fingerprint density at radius 3 is 0.733 bits per heavy atom. The molecule has 0 aromatic rings. The van der Waals surface area contributed by atoms with Crippen molar-refractivity contribution in [3.8, 4) is 0 Å². The van der Waals surface area contributed by atoms with E-state index in [0.717, 1.165) is 11.8 Å². The smallest absolute Gasteiger partial charge is 0.0411 e. The molecule has 0 unspecified atom stereocenters. The van der Waals surface area contributed by atoms with Crippen molar-refractivity contribution in [2.75, 3.05) is 0 Å². The minimum absolute atomic E-state index is 0.500. The quantitative estimate of drug-likeness (QED) is 0.519. The van der Waals surface area contributed by atoms with Crippen LogP contribution >= 0.6 is 0 Å². The topological polar surface area (TPSA) is 0 Å². The maximum Gasteiger partial charge on any atom is -0.0411 e. The highest BCUT2D eigenvalue weighted by Crippen LogP contribution is 2.08. The maximum absolute atomic E-state index is 2.22. The lowest BCUT2D eigenvalue weighted by Crippen LogP contribution is -1.93. The van der Waals surface area contributed by atoms with Crippen LogP contribution in [0, 0.1) is 17.3 Å². The fourth-order valence-corrected chi connectivity index (χ4v) is 0. The van der Waals surface area contributed by atoms with E-state index in [9.17, 15) is 0 Å². The van der Waals surface area contributed by atoms with Crippen LogP contribution in [0.25, 0.3) is 0 Å². The van der Waals surface area contributed by atoms with Crippen molar-refractivity contribution in [1.82, 2.24) is 0 Å². The van der Waals surface area contributed by atoms with Gasteiger partial charge in [0.15, 0.2) is 0 Å². The molecule has 15 heavy (non-hydrogen) atoms. The second-order valence-corrected chi connectivity index (χ2v) is 6.60. The van der Waals surface area contributed by atoms with E-state index < -0.39 is 0 Å². The van der Waals surface area contributed by atoms with Crippen molar-refractivity contribution in [2.24, 2.45) is 17.3 Å². The third-order valence-corrected chi connectivity index (χ3v) is 1.63. The predicted octanol–water partition coefficient (Wildman–Crippen LogP) is 6.16. The highest BCUT2D eigenvalue weighted by molar-refractivity contribution is 4.47. The van der Waals surface area contributed by atoms with Crippen LogP contribution in [0.3, 0.4) is 0 Å². The van der Waals surface area contributed by atoms with E-state index in [-0.39, 0.29) is 0 Å². The summed E-state index contributed by atoms with van der Waals surface area (Å²) in [5, 5.41) is 0. The average molecular weight is 216 g/mol. The lowest BCUT2D eigenvalue weighted by molar-refractivity contribution is 0.469. The fraction of sp³-hybridized carbons (Fsp3) is 1.00. The highest BCUT2D eigenvalue weighted by atomic mass is 14.0. The van der Waals surface area contributed by atoms with E-state index in [2.05, 4.69) is 69.2 Å². The molecule has 96 valence electrons. The second-order valence-electron chi connectivity index (χ2n) is 6.60. The van der Waals surface area contributed by atoms with Crippen LogP contribution < -0.4 is 0 Å². The lowest BCUT2D eigenvalue weighted by atomic mass is 10.0. The van der Waals surface area contributed by atoms with Crippen LogP contribution in [-0.2, 0) is 0 Å². The largest absolute Gasteiger partial charge is 0.0651 e. The first-order valence-electron chi connectivity index (χ1n) is 6.54. The van der Waals surface area contributed by atoms with E-state index in [1.807, 2.05) is 0 Å². The Labute approximate surface area is 99.9 Å². The zero-order valence-corrected chi connectivity index (χ0v) is 13.1. The normalized spacial score (nSPS) is 10.4. The molecule has 0 aromatic carbocycles. The van der Waals surface area contributed by atoms with Crippen molar-refractivity contribution < 1.29 is 0 Å². The second kappa shape index (κ2) is 12.1. The van der Waals surface area contributed by atoms with Crippen LogP contribution in [0.2, 0.25) is 0 Å². The van der Waals surface area contributed by atoms with Gasteiger partial charge in [0.25, 0.3) is 0 Å². The Morgan fingerprint density at radius 2 is 0.733 bits per heavy atom. The van der Waals surface area contributed by atoms with Crippen LogP contribution in [0.4, 0.5) is 0 Å². The Balaban J connectivity index is -0.000000144. The number of rotatable bonds is 2. The van der Waals surface area contributed by atoms with E-state index in [4.69, 9.17) is 0 Å². The van der Waals surface area contributed by atoms with E-state index in [1.54, 1.807) is 0 Å². The molecule has 0 aromatic heterocycles. The van der Waals surface area contributed by atoms with Gasteiger partial charge in [0.2, 0.25) is 0 Å². The number of hydrogen-bond acceptors (Lipinski definition) is 0. The standard InChI is InChI=1S/3C5H12/c1-5(2,3)4;2*1-4-5(2)3/h1-4H3;2*5H,4H2,1-3H3. The molecule has 0 aliphatic heterocycles. The van der Waals surface area contributed by atoms with Gasteiger partial charge >= 0.3 is 0 Å². The first-order valence-corrected chi connectivity index (χ1v) is 6.54. The van der Waals surface area contributed by atoms with Gasteiger partial charge in [0, 0.05) is 0 Å². The van der Waals surface area contributed by atoms with Crippen molar-refractivity contribution >= 4 is 0 Å². The molecule has 0 rings (SSSR count). The molecular formula is C15H36. The third kappa shape index (κ3) is 126. The molecule has 0 aliphatic carbocycles. The number of hydrogen-bond donors (Lipinski definition) is 0. The van der Waals surface area contributed by atoms with Gasteiger partial charge in [-0.25, -0.2) is 0 Å². The van der Waals surface area contributed by atoms with E-state index in [0.29, 0.717) is 5.41 Å². The minimum Gasteiger partial charge on any atom is -0.0651 e. The average Bonchev–Trinajstić information content (AvgIpc) is 2.02. The summed E-state index contributed by atoms with van der Waals surface area (Å²) in [6.45, 7) is 22.0. The molecule has 0 heteroatoms. The van der Waals surface area contributed by atoms with Crippen molar-refractivity contribution in [1.29, 1.82) is 0 Å². The molecule has 0 saturated heterocycles. The molecule has 0 fully saturated rings. The Hall–Kier alpha value is 0. The lowest BCUT2D eigenvalue weighted by Gasteiger charge is -2.05. The SMILES string of the molecule is CC(C)(C)C.CCC(C)C.CCC(C)C. The summed E-state index contributed by atoms with van der Waals surface area (Å²) >= 11 is 0. The van der Waals surface area contributed by atoms with Gasteiger partial charge in [-0.05, 0) is 17.3 Å². The summed E-state index contributed by atoms with van der Waals surface area (Å²) in [5.74, 6) is 1.77. The summed E-state index contributed by atoms with van der Waals surface area (Å²) in [6, 6.07) is 0. The summed E-state index contributed by atoms with van der Waals surface area (Å²) in [7, 11) is 0. The molecule has 0 aliphatic rings. The van der Waals surface area contributed by atoms with Crippen LogP contribution in [0.1, 0.15) is 82.1 Å². The maximum atomic E-state index is 2.22. The van der Waals surface area contributed by atoms with Gasteiger partial charge in [0.05, 0.1) is 0 Å². The van der Waals surface area contributed by atoms with Crippen LogP contribution in [0.5, 0.6) is 0 Å². The van der Waals surface area contributed by atoms with Gasteiger partial charge in [-0.2, -0.15) is 0 Å². The van der Waals surface area contributed by atoms with Crippen LogP contribution in [0.15, 0.2) is 0 Å². The summed E-state index contributed by atoms with van der Waals surface area (Å²) in [4.78, 5) is 0. The Kier molecular flexibility index (Phi) is 16.4. The molecule has 0 amide bonds. The molecule has 0 bridgehead atoms. The third-order valence-electron chi connectivity index (χ3n) is 1.63. The van der Waals surface area contributed by atoms with Gasteiger partial charge in [-0.1, -0.05) is 82.1 Å². The first kappa shape index (κ1) is 20.4. The molecule has 0 atom stereocenters. The molecular weight excluding hydrogens is 180 g/mol. The molecule has 0 nitrogen and oxygen atoms in total. The molecule has 0 radical (unpaired) electrons. The Morgan fingerprint density at radius 1 is 0.667 bits per heavy atom. The van der Waals surface area contributed by atoms with Gasteiger partial charge in [0.1, 0.15) is 0 Å². The zero-order valence-electron chi connectivity index (χ0n) is 13.1. The molecule has 0 N–H and O–H groups in total. The Bertz CT molecular complexity index is 79.1. The van der Waals surface area contributed by atoms with E-state index >= 15 is 0 Å². The van der Waals surface area contributed by atoms with Gasteiger partial charge < -0.3 is 0 Å². The van der Waals surface area contributed by atoms with Crippen LogP contribution in [-0.4, -0.2) is 0 Å². The fourth-order valence-electron chi connectivity index (χ4n) is 0. The minimum atomic E-state index is 0.500. The van der Waals surface area contributed by atoms with Crippen molar-refractivity contribution in [3.63, 3.8) is 0 Å². The zero-order chi connectivity index (χ0) is 13.1. The summed E-state index contributed by atoms with van der Waals surface area (Å²) in [6.07, 6.45) is 2.61. The van der Waals surface area contributed by atoms with Crippen molar-refractivity contribution in [3.05, 3.63) is 0 Å². The van der Waals surface area contributed by atoms with Gasteiger partial charge in [-0.3, -0.25) is 0 Å². The predicted molar refractivity (Wildman–Crippen MR) is 75.4 cm³/mol. The molecule has 0 spiro atoms. The monoisotopic (exact) mass is 216 g/mol. The molecule has 0 heterocycles. The van der Waals surface area contributed by atoms with Gasteiger partial charge in [-0.15, -0.1) is 0 Å². The summed E-state index contributed by atoms with van der Waals surface area (Å²) < 4.78 is 0. The highest BCUT2D eigenvalue weighted by Gasteiger charge is 1.95. The summed E-state index contributed by atoms with van der Waals surface area (Å²) in [5.41, 5.74) is 0.500. The van der Waals surface area contributed by atoms with Crippen molar-refractivity contribution in [2.45, 2.75) is 82.1 Å².